The molecule has 3 rings (SSSR count). The summed E-state index contributed by atoms with van der Waals surface area (Å²) in [6.07, 6.45) is -2.99. The van der Waals surface area contributed by atoms with Crippen molar-refractivity contribution in [3.63, 3.8) is 0 Å². The van der Waals surface area contributed by atoms with E-state index in [9.17, 15) is 18.0 Å². The monoisotopic (exact) mass is 354 g/mol. The van der Waals surface area contributed by atoms with Gasteiger partial charge in [-0.2, -0.15) is 23.3 Å². The van der Waals surface area contributed by atoms with Crippen molar-refractivity contribution in [3.8, 4) is 0 Å². The molecule has 9 heteroatoms. The van der Waals surface area contributed by atoms with Crippen LogP contribution in [-0.2, 0) is 4.79 Å². The predicted molar refractivity (Wildman–Crippen MR) is 87.7 cm³/mol. The number of carbonyl (C=O) groups is 1. The van der Waals surface area contributed by atoms with Crippen LogP contribution in [-0.4, -0.2) is 35.5 Å². The zero-order valence-corrected chi connectivity index (χ0v) is 13.4. The van der Waals surface area contributed by atoms with Crippen molar-refractivity contribution in [2.45, 2.75) is 19.5 Å². The van der Waals surface area contributed by atoms with Crippen LogP contribution in [0.2, 0.25) is 0 Å². The molecule has 2 aromatic rings. The molecule has 126 valence electrons. The molecule has 0 radical (unpaired) electrons. The largest absolute Gasteiger partial charge is 0.432 e. The summed E-state index contributed by atoms with van der Waals surface area (Å²) in [7, 11) is 0. The Kier molecular flexibility index (Phi) is 4.35. The maximum Gasteiger partial charge on any atom is 0.432 e. The summed E-state index contributed by atoms with van der Waals surface area (Å²) in [6.45, 7) is 2.20. The van der Waals surface area contributed by atoms with Crippen LogP contribution in [0, 0.1) is 5.92 Å². The lowest BCUT2D eigenvalue weighted by molar-refractivity contribution is -0.119. The number of carbonyl (C=O) groups excluding carboxylic acids is 1. The number of hydrazone groups is 1. The minimum absolute atomic E-state index is 0.120. The number of alkyl halides is 3. The van der Waals surface area contributed by atoms with Crippen LogP contribution in [0.4, 0.5) is 18.3 Å². The van der Waals surface area contributed by atoms with Gasteiger partial charge in [0.25, 0.3) is 5.91 Å². The second kappa shape index (κ2) is 6.31. The Morgan fingerprint density at radius 2 is 2.12 bits per heavy atom. The number of benzene rings is 1. The quantitative estimate of drug-likeness (QED) is 0.787. The van der Waals surface area contributed by atoms with Crippen molar-refractivity contribution in [2.24, 2.45) is 16.0 Å². The molecule has 1 aliphatic heterocycles. The molecule has 0 N–H and O–H groups in total. The molecule has 0 spiro atoms. The normalized spacial score (nSPS) is 18.8. The smallest absolute Gasteiger partial charge is 0.296 e. The Labute approximate surface area is 139 Å². The standard InChI is InChI=1S/C15H13F3N4OS/c1-2-7-19-8-9-12(15(16,17)18)21-22(13(9)23)14-20-10-5-3-4-6-11(10)24-14/h3-6,8-9H,2,7H2,1H3/t9-/m0/s1. The number of fused-ring (bicyclic) bond motifs is 1. The van der Waals surface area contributed by atoms with E-state index in [0.717, 1.165) is 27.3 Å². The Balaban J connectivity index is 1.99. The van der Waals surface area contributed by atoms with Crippen molar-refractivity contribution < 1.29 is 18.0 Å². The Morgan fingerprint density at radius 1 is 1.38 bits per heavy atom. The van der Waals surface area contributed by atoms with Crippen LogP contribution >= 0.6 is 11.3 Å². The highest BCUT2D eigenvalue weighted by Crippen LogP contribution is 2.35. The van der Waals surface area contributed by atoms with Crippen molar-refractivity contribution in [1.82, 2.24) is 4.98 Å². The number of aliphatic imine (C=N–C) groups is 1. The van der Waals surface area contributed by atoms with E-state index in [1.807, 2.05) is 6.92 Å². The first-order chi connectivity index (χ1) is 11.4. The summed E-state index contributed by atoms with van der Waals surface area (Å²) < 4.78 is 40.4. The molecule has 0 bridgehead atoms. The van der Waals surface area contributed by atoms with Crippen LogP contribution in [0.3, 0.4) is 0 Å². The number of rotatable bonds is 4. The first-order valence-electron chi connectivity index (χ1n) is 7.27. The highest BCUT2D eigenvalue weighted by molar-refractivity contribution is 7.22. The first-order valence-corrected chi connectivity index (χ1v) is 8.08. The minimum atomic E-state index is -4.70. The molecule has 2 heterocycles. The maximum atomic E-state index is 13.2. The van der Waals surface area contributed by atoms with Gasteiger partial charge in [0.05, 0.1) is 10.2 Å². The third kappa shape index (κ3) is 3.03. The van der Waals surface area contributed by atoms with Crippen molar-refractivity contribution >= 4 is 44.5 Å². The van der Waals surface area contributed by atoms with Crippen molar-refractivity contribution in [1.29, 1.82) is 0 Å². The fraction of sp³-hybridized carbons (Fsp3) is 0.333. The topological polar surface area (TPSA) is 57.9 Å². The van der Waals surface area contributed by atoms with Crippen molar-refractivity contribution in [2.75, 3.05) is 11.6 Å². The van der Waals surface area contributed by atoms with Crippen molar-refractivity contribution in [3.05, 3.63) is 24.3 Å². The van der Waals surface area contributed by atoms with E-state index >= 15 is 0 Å². The minimum Gasteiger partial charge on any atom is -0.296 e. The molecule has 1 aliphatic rings. The molecule has 0 fully saturated rings. The van der Waals surface area contributed by atoms with E-state index in [1.165, 1.54) is 0 Å². The van der Waals surface area contributed by atoms with Gasteiger partial charge in [0.2, 0.25) is 5.13 Å². The molecule has 0 saturated heterocycles. The number of hydrogen-bond donors (Lipinski definition) is 0. The Hall–Kier alpha value is -2.29. The second-order valence-electron chi connectivity index (χ2n) is 5.13. The fourth-order valence-electron chi connectivity index (χ4n) is 2.23. The van der Waals surface area contributed by atoms with Gasteiger partial charge in [-0.25, -0.2) is 4.98 Å². The molecule has 1 aromatic heterocycles. The van der Waals surface area contributed by atoms with Gasteiger partial charge in [0.15, 0.2) is 5.71 Å². The summed E-state index contributed by atoms with van der Waals surface area (Å²) in [5, 5.41) is 4.35. The average molecular weight is 354 g/mol. The van der Waals surface area contributed by atoms with Gasteiger partial charge < -0.3 is 0 Å². The van der Waals surface area contributed by atoms with Crippen LogP contribution < -0.4 is 5.01 Å². The molecular formula is C15H13F3N4OS. The van der Waals surface area contributed by atoms with Crippen LogP contribution in [0.5, 0.6) is 0 Å². The highest BCUT2D eigenvalue weighted by Gasteiger charge is 2.50. The van der Waals surface area contributed by atoms with E-state index < -0.39 is 23.7 Å². The average Bonchev–Trinajstić information content (AvgIpc) is 3.08. The van der Waals surface area contributed by atoms with E-state index in [1.54, 1.807) is 24.3 Å². The third-order valence-corrected chi connectivity index (χ3v) is 4.35. The van der Waals surface area contributed by atoms with E-state index in [2.05, 4.69) is 15.1 Å². The molecule has 0 unspecified atom stereocenters. The SMILES string of the molecule is CCCN=C[C@@H]1C(=O)N(c2nc3ccccc3s2)N=C1C(F)(F)F. The zero-order valence-electron chi connectivity index (χ0n) is 12.6. The Bertz CT molecular complexity index is 794. The Morgan fingerprint density at radius 3 is 2.79 bits per heavy atom. The number of anilines is 1. The first kappa shape index (κ1) is 16.6. The molecule has 0 saturated carbocycles. The number of hydrogen-bond acceptors (Lipinski definition) is 5. The molecule has 24 heavy (non-hydrogen) atoms. The summed E-state index contributed by atoms with van der Waals surface area (Å²) >= 11 is 1.12. The highest BCUT2D eigenvalue weighted by atomic mass is 32.1. The van der Waals surface area contributed by atoms with Gasteiger partial charge in [-0.3, -0.25) is 9.79 Å². The number of thiazole rings is 1. The van der Waals surface area contributed by atoms with E-state index in [-0.39, 0.29) is 5.13 Å². The zero-order chi connectivity index (χ0) is 17.3. The summed E-state index contributed by atoms with van der Waals surface area (Å²) in [6, 6.07) is 7.07. The lowest BCUT2D eigenvalue weighted by Gasteiger charge is -2.09. The van der Waals surface area contributed by atoms with Gasteiger partial charge in [0.1, 0.15) is 5.92 Å². The van der Waals surface area contributed by atoms with Gasteiger partial charge >= 0.3 is 6.18 Å². The number of para-hydroxylation sites is 1. The van der Waals surface area contributed by atoms with Gasteiger partial charge in [-0.15, -0.1) is 0 Å². The van der Waals surface area contributed by atoms with E-state index in [0.29, 0.717) is 18.5 Å². The van der Waals surface area contributed by atoms with Crippen LogP contribution in [0.25, 0.3) is 10.2 Å². The number of amides is 1. The second-order valence-corrected chi connectivity index (χ2v) is 6.14. The van der Waals surface area contributed by atoms with Gasteiger partial charge in [0, 0.05) is 12.8 Å². The van der Waals surface area contributed by atoms with Crippen LogP contribution in [0.15, 0.2) is 34.4 Å². The van der Waals surface area contributed by atoms with Gasteiger partial charge in [-0.1, -0.05) is 30.4 Å². The maximum absolute atomic E-state index is 13.2. The number of nitrogens with zero attached hydrogens (tertiary/aromatic N) is 4. The lowest BCUT2D eigenvalue weighted by Crippen LogP contribution is -2.34. The third-order valence-electron chi connectivity index (χ3n) is 3.34. The molecule has 1 atom stereocenters. The lowest BCUT2D eigenvalue weighted by atomic mass is 10.0. The molecule has 1 aromatic carbocycles. The van der Waals surface area contributed by atoms with Crippen LogP contribution in [0.1, 0.15) is 13.3 Å². The molecule has 5 nitrogen and oxygen atoms in total. The predicted octanol–water partition coefficient (Wildman–Crippen LogP) is 3.66. The number of aromatic nitrogens is 1. The summed E-state index contributed by atoms with van der Waals surface area (Å²) in [5.74, 6) is -2.32. The molecular weight excluding hydrogens is 341 g/mol. The summed E-state index contributed by atoms with van der Waals surface area (Å²) in [4.78, 5) is 20.5. The van der Waals surface area contributed by atoms with E-state index in [4.69, 9.17) is 0 Å². The summed E-state index contributed by atoms with van der Waals surface area (Å²) in [5.41, 5.74) is -0.552. The molecule has 1 amide bonds. The fourth-order valence-corrected chi connectivity index (χ4v) is 3.15. The molecule has 0 aliphatic carbocycles. The van der Waals surface area contributed by atoms with Gasteiger partial charge in [-0.05, 0) is 18.6 Å². The number of halogens is 3.